The van der Waals surface area contributed by atoms with Crippen molar-refractivity contribution < 1.29 is 4.79 Å². The Morgan fingerprint density at radius 2 is 1.95 bits per heavy atom. The lowest BCUT2D eigenvalue weighted by Gasteiger charge is -2.17. The Labute approximate surface area is 136 Å². The third-order valence-electron chi connectivity index (χ3n) is 3.96. The van der Waals surface area contributed by atoms with Crippen molar-refractivity contribution in [3.05, 3.63) is 70.2 Å². The summed E-state index contributed by atoms with van der Waals surface area (Å²) in [4.78, 5) is 19.2. The number of rotatable bonds is 1. The van der Waals surface area contributed by atoms with E-state index in [1.165, 1.54) is 0 Å². The van der Waals surface area contributed by atoms with Crippen molar-refractivity contribution in [1.82, 2.24) is 4.98 Å². The van der Waals surface area contributed by atoms with E-state index in [1.54, 1.807) is 4.90 Å². The molecule has 2 aromatic carbocycles. The molecular weight excluding hydrogens is 340 g/mol. The second-order valence-electron chi connectivity index (χ2n) is 5.38. The molecule has 4 rings (SSSR count). The van der Waals surface area contributed by atoms with E-state index in [0.717, 1.165) is 33.2 Å². The number of carbonyl (C=O) groups excluding carboxylic acids is 1. The molecule has 1 aromatic heterocycles. The number of hydrogen-bond donors (Lipinski definition) is 0. The van der Waals surface area contributed by atoms with Crippen LogP contribution in [0.3, 0.4) is 0 Å². The normalized spacial score (nSPS) is 13.4. The first kappa shape index (κ1) is 13.5. The highest BCUT2D eigenvalue weighted by Crippen LogP contribution is 2.30. The van der Waals surface area contributed by atoms with Crippen molar-refractivity contribution in [3.8, 4) is 0 Å². The van der Waals surface area contributed by atoms with Gasteiger partial charge in [-0.15, -0.1) is 0 Å². The smallest absolute Gasteiger partial charge is 0.259 e. The maximum Gasteiger partial charge on any atom is 0.259 e. The van der Waals surface area contributed by atoms with Gasteiger partial charge in [0.05, 0.1) is 5.52 Å². The first-order valence-corrected chi connectivity index (χ1v) is 7.98. The number of carbonyl (C=O) groups is 1. The monoisotopic (exact) mass is 352 g/mol. The zero-order valence-electron chi connectivity index (χ0n) is 11.8. The standard InChI is InChI=1S/C18H13BrN2O/c19-15-6-3-5-14(11-15)18(22)21-9-8-13-10-12-4-1-2-7-16(12)20-17(13)21/h1-7,10-11H,8-9H2. The molecule has 0 spiro atoms. The molecule has 2 heterocycles. The van der Waals surface area contributed by atoms with E-state index >= 15 is 0 Å². The Bertz CT molecular complexity index is 891. The summed E-state index contributed by atoms with van der Waals surface area (Å²) < 4.78 is 0.907. The van der Waals surface area contributed by atoms with Crippen LogP contribution in [0.4, 0.5) is 5.82 Å². The third kappa shape index (κ3) is 2.20. The average Bonchev–Trinajstić information content (AvgIpc) is 2.94. The number of nitrogens with zero attached hydrogens (tertiary/aromatic N) is 2. The second-order valence-corrected chi connectivity index (χ2v) is 6.30. The first-order chi connectivity index (χ1) is 10.7. The van der Waals surface area contributed by atoms with E-state index in [4.69, 9.17) is 4.98 Å². The van der Waals surface area contributed by atoms with Gasteiger partial charge < -0.3 is 0 Å². The molecule has 1 aliphatic heterocycles. The summed E-state index contributed by atoms with van der Waals surface area (Å²) in [5, 5.41) is 1.12. The van der Waals surface area contributed by atoms with E-state index in [1.807, 2.05) is 42.5 Å². The average molecular weight is 353 g/mol. The number of aromatic nitrogens is 1. The van der Waals surface area contributed by atoms with Gasteiger partial charge in [0.25, 0.3) is 5.91 Å². The highest BCUT2D eigenvalue weighted by molar-refractivity contribution is 9.10. The molecule has 0 saturated carbocycles. The molecule has 0 atom stereocenters. The first-order valence-electron chi connectivity index (χ1n) is 7.18. The second kappa shape index (κ2) is 5.21. The summed E-state index contributed by atoms with van der Waals surface area (Å²) in [5.41, 5.74) is 2.74. The van der Waals surface area contributed by atoms with E-state index < -0.39 is 0 Å². The number of pyridine rings is 1. The van der Waals surface area contributed by atoms with Crippen LogP contribution in [0.5, 0.6) is 0 Å². The maximum absolute atomic E-state index is 12.8. The molecule has 0 radical (unpaired) electrons. The zero-order valence-corrected chi connectivity index (χ0v) is 13.4. The molecule has 1 aliphatic rings. The molecule has 4 heteroatoms. The Kier molecular flexibility index (Phi) is 3.19. The van der Waals surface area contributed by atoms with Gasteiger partial charge in [0.2, 0.25) is 0 Å². The summed E-state index contributed by atoms with van der Waals surface area (Å²) in [7, 11) is 0. The van der Waals surface area contributed by atoms with Crippen molar-refractivity contribution in [2.75, 3.05) is 11.4 Å². The number of para-hydroxylation sites is 1. The fourth-order valence-electron chi connectivity index (χ4n) is 2.88. The molecule has 0 bridgehead atoms. The summed E-state index contributed by atoms with van der Waals surface area (Å²) in [6.45, 7) is 0.685. The zero-order chi connectivity index (χ0) is 15.1. The van der Waals surface area contributed by atoms with Crippen LogP contribution in [0.1, 0.15) is 15.9 Å². The minimum atomic E-state index is 0.00262. The topological polar surface area (TPSA) is 33.2 Å². The van der Waals surface area contributed by atoms with Crippen LogP contribution < -0.4 is 4.90 Å². The summed E-state index contributed by atoms with van der Waals surface area (Å²) >= 11 is 3.42. The number of hydrogen-bond acceptors (Lipinski definition) is 2. The van der Waals surface area contributed by atoms with E-state index in [9.17, 15) is 4.79 Å². The van der Waals surface area contributed by atoms with Gasteiger partial charge in [-0.25, -0.2) is 4.98 Å². The van der Waals surface area contributed by atoms with Gasteiger partial charge in [-0.1, -0.05) is 40.2 Å². The van der Waals surface area contributed by atoms with E-state index in [-0.39, 0.29) is 5.91 Å². The van der Waals surface area contributed by atoms with Gasteiger partial charge in [-0.3, -0.25) is 9.69 Å². The lowest BCUT2D eigenvalue weighted by molar-refractivity contribution is 0.0988. The summed E-state index contributed by atoms with van der Waals surface area (Å²) in [6.07, 6.45) is 0.854. The Hall–Kier alpha value is -2.20. The Morgan fingerprint density at radius 1 is 1.09 bits per heavy atom. The molecule has 0 saturated heterocycles. The number of amides is 1. The fourth-order valence-corrected chi connectivity index (χ4v) is 3.28. The molecule has 3 nitrogen and oxygen atoms in total. The number of fused-ring (bicyclic) bond motifs is 2. The predicted molar refractivity (Wildman–Crippen MR) is 91.3 cm³/mol. The molecule has 108 valence electrons. The van der Waals surface area contributed by atoms with Crippen molar-refractivity contribution in [2.45, 2.75) is 6.42 Å². The predicted octanol–water partition coefficient (Wildman–Crippen LogP) is 4.20. The van der Waals surface area contributed by atoms with Crippen LogP contribution in [0, 0.1) is 0 Å². The van der Waals surface area contributed by atoms with Gasteiger partial charge in [0.15, 0.2) is 0 Å². The van der Waals surface area contributed by atoms with Crippen LogP contribution in [0.25, 0.3) is 10.9 Å². The molecule has 0 N–H and O–H groups in total. The molecular formula is C18H13BrN2O. The van der Waals surface area contributed by atoms with E-state index in [0.29, 0.717) is 12.1 Å². The minimum Gasteiger partial charge on any atom is -0.292 e. The highest BCUT2D eigenvalue weighted by Gasteiger charge is 2.27. The molecule has 0 aliphatic carbocycles. The van der Waals surface area contributed by atoms with Crippen molar-refractivity contribution in [1.29, 1.82) is 0 Å². The molecule has 3 aromatic rings. The van der Waals surface area contributed by atoms with Crippen LogP contribution in [0.2, 0.25) is 0 Å². The third-order valence-corrected chi connectivity index (χ3v) is 4.45. The highest BCUT2D eigenvalue weighted by atomic mass is 79.9. The lowest BCUT2D eigenvalue weighted by atomic mass is 10.1. The number of anilines is 1. The lowest BCUT2D eigenvalue weighted by Crippen LogP contribution is -2.29. The van der Waals surface area contributed by atoms with Crippen LogP contribution in [0.15, 0.2) is 59.1 Å². The molecule has 1 amide bonds. The van der Waals surface area contributed by atoms with Gasteiger partial charge in [-0.2, -0.15) is 0 Å². The SMILES string of the molecule is O=C(c1cccc(Br)c1)N1CCc2cc3ccccc3nc21. The fraction of sp³-hybridized carbons (Fsp3) is 0.111. The van der Waals surface area contributed by atoms with Crippen LogP contribution in [-0.4, -0.2) is 17.4 Å². The summed E-state index contributed by atoms with van der Waals surface area (Å²) in [5.74, 6) is 0.798. The van der Waals surface area contributed by atoms with Crippen LogP contribution >= 0.6 is 15.9 Å². The minimum absolute atomic E-state index is 0.00262. The molecule has 0 unspecified atom stereocenters. The Morgan fingerprint density at radius 3 is 2.82 bits per heavy atom. The quantitative estimate of drug-likeness (QED) is 0.657. The molecule has 0 fully saturated rings. The Balaban J connectivity index is 1.78. The van der Waals surface area contributed by atoms with Crippen LogP contribution in [-0.2, 0) is 6.42 Å². The van der Waals surface area contributed by atoms with Crippen molar-refractivity contribution in [2.24, 2.45) is 0 Å². The van der Waals surface area contributed by atoms with Crippen molar-refractivity contribution >= 4 is 38.6 Å². The van der Waals surface area contributed by atoms with E-state index in [2.05, 4.69) is 28.1 Å². The van der Waals surface area contributed by atoms with Gasteiger partial charge in [0.1, 0.15) is 5.82 Å². The van der Waals surface area contributed by atoms with Gasteiger partial charge >= 0.3 is 0 Å². The van der Waals surface area contributed by atoms with Gasteiger partial charge in [-0.05, 0) is 42.3 Å². The summed E-state index contributed by atoms with van der Waals surface area (Å²) in [6, 6.07) is 17.6. The van der Waals surface area contributed by atoms with Crippen molar-refractivity contribution in [3.63, 3.8) is 0 Å². The van der Waals surface area contributed by atoms with Gasteiger partial charge in [0, 0.05) is 22.0 Å². The number of halogens is 1. The molecule has 22 heavy (non-hydrogen) atoms. The largest absolute Gasteiger partial charge is 0.292 e. The number of benzene rings is 2. The maximum atomic E-state index is 12.8.